The molecule has 0 spiro atoms. The second kappa shape index (κ2) is 7.37. The van der Waals surface area contributed by atoms with Gasteiger partial charge in [0.25, 0.3) is 5.91 Å². The van der Waals surface area contributed by atoms with Gasteiger partial charge < -0.3 is 10.1 Å². The Hall–Kier alpha value is -3.21. The van der Waals surface area contributed by atoms with Crippen LogP contribution in [0.5, 0.6) is 5.75 Å². The van der Waals surface area contributed by atoms with Crippen LogP contribution in [0.15, 0.2) is 72.9 Å². The number of ether oxygens (including phenoxy) is 1. The highest BCUT2D eigenvalue weighted by molar-refractivity contribution is 6.04. The predicted octanol–water partition coefficient (Wildman–Crippen LogP) is 4.05. The number of benzene rings is 2. The molecule has 1 N–H and O–H groups in total. The summed E-state index contributed by atoms with van der Waals surface area (Å²) in [6.07, 6.45) is 1.53. The molecular weight excluding hydrogens is 307 g/mol. The number of anilines is 1. The van der Waals surface area contributed by atoms with E-state index in [1.54, 1.807) is 18.2 Å². The number of carbonyl (C=O) groups is 1. The molecule has 0 saturated heterocycles. The predicted molar refractivity (Wildman–Crippen MR) is 89.4 cm³/mol. The van der Waals surface area contributed by atoms with E-state index < -0.39 is 11.7 Å². The zero-order chi connectivity index (χ0) is 16.8. The number of halogens is 1. The van der Waals surface area contributed by atoms with Gasteiger partial charge in [-0.1, -0.05) is 42.5 Å². The molecule has 1 amide bonds. The van der Waals surface area contributed by atoms with Gasteiger partial charge >= 0.3 is 0 Å². The van der Waals surface area contributed by atoms with Gasteiger partial charge in [-0.15, -0.1) is 0 Å². The molecule has 0 aliphatic rings. The molecule has 0 unspecified atom stereocenters. The Balaban J connectivity index is 1.74. The van der Waals surface area contributed by atoms with Gasteiger partial charge in [-0.2, -0.15) is 0 Å². The Morgan fingerprint density at radius 1 is 1.00 bits per heavy atom. The molecule has 24 heavy (non-hydrogen) atoms. The molecule has 0 radical (unpaired) electrons. The number of carbonyl (C=O) groups excluding carboxylic acids is 1. The Labute approximate surface area is 138 Å². The maximum atomic E-state index is 13.7. The van der Waals surface area contributed by atoms with Gasteiger partial charge in [0, 0.05) is 6.20 Å². The van der Waals surface area contributed by atoms with E-state index >= 15 is 0 Å². The molecule has 0 aliphatic carbocycles. The third kappa shape index (κ3) is 3.76. The first kappa shape index (κ1) is 15.7. The maximum Gasteiger partial charge on any atom is 0.259 e. The highest BCUT2D eigenvalue weighted by Gasteiger charge is 2.14. The fourth-order valence-electron chi connectivity index (χ4n) is 2.16. The third-order valence-corrected chi connectivity index (χ3v) is 3.36. The van der Waals surface area contributed by atoms with E-state index in [1.807, 2.05) is 30.3 Å². The molecule has 2 aromatic carbocycles. The average molecular weight is 322 g/mol. The first-order chi connectivity index (χ1) is 11.7. The molecule has 1 heterocycles. The van der Waals surface area contributed by atoms with Crippen LogP contribution in [0.1, 0.15) is 15.9 Å². The maximum absolute atomic E-state index is 13.7. The SMILES string of the molecule is O=C(Nc1ncccc1OCc1ccccc1)c1ccccc1F. The molecule has 3 rings (SSSR count). The molecule has 1 aromatic heterocycles. The van der Waals surface area contributed by atoms with Crippen molar-refractivity contribution >= 4 is 11.7 Å². The minimum Gasteiger partial charge on any atom is -0.485 e. The number of rotatable bonds is 5. The first-order valence-electron chi connectivity index (χ1n) is 7.41. The average Bonchev–Trinajstić information content (AvgIpc) is 2.62. The lowest BCUT2D eigenvalue weighted by atomic mass is 10.2. The molecule has 5 heteroatoms. The summed E-state index contributed by atoms with van der Waals surface area (Å²) in [7, 11) is 0. The van der Waals surface area contributed by atoms with E-state index in [0.717, 1.165) is 5.56 Å². The van der Waals surface area contributed by atoms with Gasteiger partial charge in [0.2, 0.25) is 0 Å². The Bertz CT molecular complexity index is 838. The topological polar surface area (TPSA) is 51.2 Å². The van der Waals surface area contributed by atoms with E-state index in [2.05, 4.69) is 10.3 Å². The van der Waals surface area contributed by atoms with Gasteiger partial charge in [-0.05, 0) is 29.8 Å². The highest BCUT2D eigenvalue weighted by atomic mass is 19.1. The molecule has 3 aromatic rings. The van der Waals surface area contributed by atoms with Crippen molar-refractivity contribution in [1.29, 1.82) is 0 Å². The smallest absolute Gasteiger partial charge is 0.259 e. The van der Waals surface area contributed by atoms with E-state index in [-0.39, 0.29) is 11.4 Å². The summed E-state index contributed by atoms with van der Waals surface area (Å²) >= 11 is 0. The van der Waals surface area contributed by atoms with Gasteiger partial charge in [-0.3, -0.25) is 4.79 Å². The zero-order valence-electron chi connectivity index (χ0n) is 12.8. The summed E-state index contributed by atoms with van der Waals surface area (Å²) in [5, 5.41) is 2.59. The van der Waals surface area contributed by atoms with E-state index in [0.29, 0.717) is 12.4 Å². The van der Waals surface area contributed by atoms with Crippen LogP contribution in [0.25, 0.3) is 0 Å². The fourth-order valence-corrected chi connectivity index (χ4v) is 2.16. The number of nitrogens with zero attached hydrogens (tertiary/aromatic N) is 1. The van der Waals surface area contributed by atoms with Crippen molar-refractivity contribution in [2.45, 2.75) is 6.61 Å². The summed E-state index contributed by atoms with van der Waals surface area (Å²) in [4.78, 5) is 16.3. The number of pyridine rings is 1. The van der Waals surface area contributed by atoms with Gasteiger partial charge in [0.1, 0.15) is 12.4 Å². The van der Waals surface area contributed by atoms with E-state index in [4.69, 9.17) is 4.74 Å². The molecule has 120 valence electrons. The summed E-state index contributed by atoms with van der Waals surface area (Å²) in [5.41, 5.74) is 0.949. The Morgan fingerprint density at radius 2 is 1.75 bits per heavy atom. The lowest BCUT2D eigenvalue weighted by Gasteiger charge is -2.11. The van der Waals surface area contributed by atoms with Crippen molar-refractivity contribution in [1.82, 2.24) is 4.98 Å². The van der Waals surface area contributed by atoms with Gasteiger partial charge in [-0.25, -0.2) is 9.37 Å². The van der Waals surface area contributed by atoms with Crippen molar-refractivity contribution in [3.05, 3.63) is 89.9 Å². The van der Waals surface area contributed by atoms with Crippen LogP contribution in [-0.2, 0) is 6.61 Å². The standard InChI is InChI=1S/C19H15FN2O2/c20-16-10-5-4-9-15(16)19(23)22-18-17(11-6-12-21-18)24-13-14-7-2-1-3-8-14/h1-12H,13H2,(H,21,22,23). The molecule has 4 nitrogen and oxygen atoms in total. The molecule has 0 saturated carbocycles. The second-order valence-corrected chi connectivity index (χ2v) is 5.06. The van der Waals surface area contributed by atoms with Crippen LogP contribution in [0.4, 0.5) is 10.2 Å². The summed E-state index contributed by atoms with van der Waals surface area (Å²) in [5.74, 6) is -0.484. The lowest BCUT2D eigenvalue weighted by Crippen LogP contribution is -2.15. The molecule has 0 aliphatic heterocycles. The van der Waals surface area contributed by atoms with Crippen molar-refractivity contribution < 1.29 is 13.9 Å². The zero-order valence-corrected chi connectivity index (χ0v) is 12.8. The van der Waals surface area contributed by atoms with Crippen molar-refractivity contribution in [3.63, 3.8) is 0 Å². The van der Waals surface area contributed by atoms with Crippen LogP contribution in [0, 0.1) is 5.82 Å². The molecule has 0 fully saturated rings. The number of aromatic nitrogens is 1. The second-order valence-electron chi connectivity index (χ2n) is 5.06. The van der Waals surface area contributed by atoms with Gasteiger partial charge in [0.15, 0.2) is 11.6 Å². The Kier molecular flexibility index (Phi) is 4.81. The van der Waals surface area contributed by atoms with Crippen LogP contribution in [-0.4, -0.2) is 10.9 Å². The van der Waals surface area contributed by atoms with Gasteiger partial charge in [0.05, 0.1) is 5.56 Å². The van der Waals surface area contributed by atoms with E-state index in [1.165, 1.54) is 24.4 Å². The molecule has 0 atom stereocenters. The summed E-state index contributed by atoms with van der Waals surface area (Å²) < 4.78 is 19.4. The number of hydrogen-bond donors (Lipinski definition) is 1. The minimum absolute atomic E-state index is 0.0443. The third-order valence-electron chi connectivity index (χ3n) is 3.36. The first-order valence-corrected chi connectivity index (χ1v) is 7.41. The largest absolute Gasteiger partial charge is 0.485 e. The van der Waals surface area contributed by atoms with Crippen molar-refractivity contribution in [2.75, 3.05) is 5.32 Å². The summed E-state index contributed by atoms with van der Waals surface area (Å²) in [6.45, 7) is 0.342. The van der Waals surface area contributed by atoms with E-state index in [9.17, 15) is 9.18 Å². The van der Waals surface area contributed by atoms with Crippen LogP contribution in [0.3, 0.4) is 0 Å². The quantitative estimate of drug-likeness (QED) is 0.771. The minimum atomic E-state index is -0.585. The fraction of sp³-hybridized carbons (Fsp3) is 0.0526. The Morgan fingerprint density at radius 3 is 2.54 bits per heavy atom. The number of hydrogen-bond acceptors (Lipinski definition) is 3. The van der Waals surface area contributed by atoms with Crippen molar-refractivity contribution in [2.24, 2.45) is 0 Å². The number of amides is 1. The van der Waals surface area contributed by atoms with Crippen LogP contribution >= 0.6 is 0 Å². The molecular formula is C19H15FN2O2. The van der Waals surface area contributed by atoms with Crippen molar-refractivity contribution in [3.8, 4) is 5.75 Å². The monoisotopic (exact) mass is 322 g/mol. The lowest BCUT2D eigenvalue weighted by molar-refractivity contribution is 0.102. The molecule has 0 bridgehead atoms. The van der Waals surface area contributed by atoms with Crippen LogP contribution < -0.4 is 10.1 Å². The highest BCUT2D eigenvalue weighted by Crippen LogP contribution is 2.23. The number of nitrogens with one attached hydrogen (secondary N) is 1. The van der Waals surface area contributed by atoms with Crippen LogP contribution in [0.2, 0.25) is 0 Å². The normalized spacial score (nSPS) is 10.2. The summed E-state index contributed by atoms with van der Waals surface area (Å²) in [6, 6.07) is 18.8.